The molecule has 0 saturated heterocycles. The van der Waals surface area contributed by atoms with E-state index in [1.54, 1.807) is 0 Å². The zero-order valence-corrected chi connectivity index (χ0v) is 36.7. The number of rotatable bonds is 7. The smallest absolute Gasteiger partial charge is 0.143 e. The van der Waals surface area contributed by atoms with Crippen molar-refractivity contribution in [2.24, 2.45) is 0 Å². The van der Waals surface area contributed by atoms with Gasteiger partial charge in [0.25, 0.3) is 0 Å². The Morgan fingerprint density at radius 1 is 0.235 bits per heavy atom. The van der Waals surface area contributed by atoms with Crippen molar-refractivity contribution < 1.29 is 13.3 Å². The number of anilines is 3. The molecular weight excluding hydrogens is 831 g/mol. The van der Waals surface area contributed by atoms with Crippen molar-refractivity contribution in [3.05, 3.63) is 237 Å². The van der Waals surface area contributed by atoms with Gasteiger partial charge in [0.2, 0.25) is 0 Å². The van der Waals surface area contributed by atoms with Crippen molar-refractivity contribution in [1.29, 1.82) is 0 Å². The molecule has 68 heavy (non-hydrogen) atoms. The van der Waals surface area contributed by atoms with Gasteiger partial charge < -0.3 is 18.2 Å². The van der Waals surface area contributed by atoms with E-state index >= 15 is 0 Å². The van der Waals surface area contributed by atoms with Crippen LogP contribution in [0.1, 0.15) is 0 Å². The summed E-state index contributed by atoms with van der Waals surface area (Å²) in [4.78, 5) is 2.35. The zero-order valence-electron chi connectivity index (χ0n) is 36.7. The Morgan fingerprint density at radius 2 is 0.721 bits per heavy atom. The van der Waals surface area contributed by atoms with E-state index in [9.17, 15) is 0 Å². The topological polar surface area (TPSA) is 42.7 Å². The SMILES string of the molecule is c1ccc(-c2cccc3c2oc2cc(N(c4ccc(-c5ccc6ccccc6c5)cc4)c4cc(-c5cccc6c5oc5ccccc56)cc(-c5cccc6c5oc5ccccc56)c4)ccc23)cc1. The number of nitrogens with zero attached hydrogens (tertiary/aromatic N) is 1. The Hall–Kier alpha value is -9.12. The van der Waals surface area contributed by atoms with Gasteiger partial charge in [-0.05, 0) is 99.3 Å². The predicted molar refractivity (Wildman–Crippen MR) is 282 cm³/mol. The normalized spacial score (nSPS) is 11.8. The molecule has 0 bridgehead atoms. The van der Waals surface area contributed by atoms with Gasteiger partial charge in [-0.15, -0.1) is 0 Å². The molecule has 0 unspecified atom stereocenters. The number of hydrogen-bond acceptors (Lipinski definition) is 4. The van der Waals surface area contributed by atoms with E-state index in [4.69, 9.17) is 13.3 Å². The first kappa shape index (κ1) is 38.2. The van der Waals surface area contributed by atoms with Crippen LogP contribution in [0.3, 0.4) is 0 Å². The molecule has 4 heteroatoms. The van der Waals surface area contributed by atoms with Crippen molar-refractivity contribution >= 4 is 93.7 Å². The van der Waals surface area contributed by atoms with Crippen molar-refractivity contribution in [1.82, 2.24) is 0 Å². The number of benzene rings is 11. The van der Waals surface area contributed by atoms with Gasteiger partial charge in [0.05, 0.1) is 0 Å². The summed E-state index contributed by atoms with van der Waals surface area (Å²) in [7, 11) is 0. The number of furan rings is 3. The van der Waals surface area contributed by atoms with Gasteiger partial charge in [0.1, 0.15) is 33.5 Å². The average Bonchev–Trinajstić information content (AvgIpc) is 4.10. The lowest BCUT2D eigenvalue weighted by Crippen LogP contribution is -2.10. The standard InChI is InChI=1S/C64H39NO3/c1-2-14-42(15-3-1)50-19-10-24-58-55-34-33-48(39-61(55)68-62(50)58)65(47-31-29-41(30-32-47)44-28-27-40-13-4-5-16-43(40)35-44)49-37-45(51-20-11-22-56-53-17-6-8-25-59(53)66-63(51)56)36-46(38-49)52-21-12-23-57-54-18-7-9-26-60(54)67-64(52)57/h1-39H. The molecule has 0 N–H and O–H groups in total. The van der Waals surface area contributed by atoms with E-state index in [1.165, 1.54) is 16.3 Å². The van der Waals surface area contributed by atoms with Gasteiger partial charge in [-0.1, -0.05) is 170 Å². The molecule has 0 atom stereocenters. The van der Waals surface area contributed by atoms with Crippen molar-refractivity contribution in [3.8, 4) is 44.5 Å². The molecule has 0 fully saturated rings. The summed E-state index contributed by atoms with van der Waals surface area (Å²) in [6.07, 6.45) is 0. The van der Waals surface area contributed by atoms with Crippen molar-refractivity contribution in [2.75, 3.05) is 4.90 Å². The van der Waals surface area contributed by atoms with E-state index in [2.05, 4.69) is 211 Å². The second kappa shape index (κ2) is 15.2. The van der Waals surface area contributed by atoms with Crippen LogP contribution in [0, 0.1) is 0 Å². The first-order valence-corrected chi connectivity index (χ1v) is 23.0. The molecule has 11 aromatic carbocycles. The zero-order chi connectivity index (χ0) is 44.7. The summed E-state index contributed by atoms with van der Waals surface area (Å²) in [5, 5.41) is 8.94. The molecule has 4 nitrogen and oxygen atoms in total. The minimum absolute atomic E-state index is 0.814. The lowest BCUT2D eigenvalue weighted by atomic mass is 9.95. The molecule has 3 aromatic heterocycles. The van der Waals surface area contributed by atoms with Crippen LogP contribution in [-0.4, -0.2) is 0 Å². The van der Waals surface area contributed by atoms with Crippen LogP contribution in [-0.2, 0) is 0 Å². The summed E-state index contributed by atoms with van der Waals surface area (Å²) in [6, 6.07) is 84.0. The van der Waals surface area contributed by atoms with Crippen LogP contribution in [0.25, 0.3) is 121 Å². The summed E-state index contributed by atoms with van der Waals surface area (Å²) < 4.78 is 20.3. The second-order valence-electron chi connectivity index (χ2n) is 17.6. The largest absolute Gasteiger partial charge is 0.455 e. The first-order chi connectivity index (χ1) is 33.7. The van der Waals surface area contributed by atoms with E-state index in [1.807, 2.05) is 30.3 Å². The minimum atomic E-state index is 0.814. The minimum Gasteiger partial charge on any atom is -0.455 e. The molecule has 0 saturated carbocycles. The van der Waals surface area contributed by atoms with Crippen LogP contribution >= 0.6 is 0 Å². The highest BCUT2D eigenvalue weighted by molar-refractivity contribution is 6.13. The highest BCUT2D eigenvalue weighted by Crippen LogP contribution is 2.46. The lowest BCUT2D eigenvalue weighted by molar-refractivity contribution is 0.669. The fourth-order valence-corrected chi connectivity index (χ4v) is 10.4. The van der Waals surface area contributed by atoms with E-state index in [0.717, 1.165) is 122 Å². The third kappa shape index (κ3) is 6.15. The summed E-state index contributed by atoms with van der Waals surface area (Å²) in [5.74, 6) is 0. The maximum Gasteiger partial charge on any atom is 0.143 e. The summed E-state index contributed by atoms with van der Waals surface area (Å²) in [6.45, 7) is 0. The van der Waals surface area contributed by atoms with Crippen LogP contribution in [0.5, 0.6) is 0 Å². The van der Waals surface area contributed by atoms with E-state index in [-0.39, 0.29) is 0 Å². The average molecular weight is 870 g/mol. The van der Waals surface area contributed by atoms with E-state index in [0.29, 0.717) is 0 Å². The molecule has 14 aromatic rings. The van der Waals surface area contributed by atoms with Crippen molar-refractivity contribution in [2.45, 2.75) is 0 Å². The molecule has 0 aliphatic rings. The Balaban J connectivity index is 1.01. The van der Waals surface area contributed by atoms with Gasteiger partial charge in [0.15, 0.2) is 0 Å². The molecule has 0 spiro atoms. The molecular formula is C64H39NO3. The van der Waals surface area contributed by atoms with Crippen LogP contribution in [0.15, 0.2) is 250 Å². The number of para-hydroxylation sites is 5. The highest BCUT2D eigenvalue weighted by atomic mass is 16.3. The molecule has 0 radical (unpaired) electrons. The number of hydrogen-bond donors (Lipinski definition) is 0. The molecule has 3 heterocycles. The first-order valence-electron chi connectivity index (χ1n) is 23.0. The second-order valence-corrected chi connectivity index (χ2v) is 17.6. The Bertz CT molecular complexity index is 4140. The van der Waals surface area contributed by atoms with Crippen molar-refractivity contribution in [3.63, 3.8) is 0 Å². The maximum atomic E-state index is 6.90. The Labute approximate surface area is 391 Å². The number of fused-ring (bicyclic) bond motifs is 10. The molecule has 0 aliphatic carbocycles. The van der Waals surface area contributed by atoms with Gasteiger partial charge in [0, 0.05) is 72.1 Å². The fraction of sp³-hybridized carbons (Fsp3) is 0. The lowest BCUT2D eigenvalue weighted by Gasteiger charge is -2.27. The fourth-order valence-electron chi connectivity index (χ4n) is 10.4. The quantitative estimate of drug-likeness (QED) is 0.160. The van der Waals surface area contributed by atoms with Gasteiger partial charge >= 0.3 is 0 Å². The highest BCUT2D eigenvalue weighted by Gasteiger charge is 2.22. The molecule has 0 aliphatic heterocycles. The summed E-state index contributed by atoms with van der Waals surface area (Å²) in [5.41, 5.74) is 16.6. The van der Waals surface area contributed by atoms with Gasteiger partial charge in [-0.3, -0.25) is 0 Å². The Kier molecular flexibility index (Phi) is 8.55. The van der Waals surface area contributed by atoms with Crippen LogP contribution in [0.4, 0.5) is 17.1 Å². The Morgan fingerprint density at radius 3 is 1.35 bits per heavy atom. The molecule has 318 valence electrons. The van der Waals surface area contributed by atoms with Crippen LogP contribution in [0.2, 0.25) is 0 Å². The third-order valence-corrected chi connectivity index (χ3v) is 13.6. The molecule has 0 amide bonds. The third-order valence-electron chi connectivity index (χ3n) is 13.6. The molecule has 14 rings (SSSR count). The maximum absolute atomic E-state index is 6.90. The monoisotopic (exact) mass is 869 g/mol. The van der Waals surface area contributed by atoms with Crippen LogP contribution < -0.4 is 4.90 Å². The summed E-state index contributed by atoms with van der Waals surface area (Å²) >= 11 is 0. The van der Waals surface area contributed by atoms with Gasteiger partial charge in [-0.2, -0.15) is 0 Å². The predicted octanol–water partition coefficient (Wildman–Crippen LogP) is 18.7. The van der Waals surface area contributed by atoms with E-state index < -0.39 is 0 Å². The van der Waals surface area contributed by atoms with Gasteiger partial charge in [-0.25, -0.2) is 0 Å².